The standard InChI is InChI=1S/C28H40FN5O3S/c1-18(35)14-34-12-10-23(16-33-11-4-5-22(15-33)13-21-6-8-24(29)9-7-21)25(17-34)31-27(37)32-28-30-19(2)26(38-28)20(3)36/h6-9,18,22-23,25,35H,4-5,10-17H2,1-3H3,(H2,30,31,32,37)/t18?,22?,23-,25-/m0/s1. The van der Waals surface area contributed by atoms with Crippen LogP contribution in [0, 0.1) is 24.6 Å². The third-order valence-electron chi connectivity index (χ3n) is 7.55. The number of halogens is 1. The van der Waals surface area contributed by atoms with Gasteiger partial charge in [-0.1, -0.05) is 23.5 Å². The maximum Gasteiger partial charge on any atom is 0.321 e. The van der Waals surface area contributed by atoms with Crippen molar-refractivity contribution < 1.29 is 19.1 Å². The minimum Gasteiger partial charge on any atom is -0.392 e. The second-order valence-electron chi connectivity index (χ2n) is 11.0. The predicted molar refractivity (Wildman–Crippen MR) is 148 cm³/mol. The molecule has 38 heavy (non-hydrogen) atoms. The van der Waals surface area contributed by atoms with E-state index in [0.29, 0.717) is 34.7 Å². The Bertz CT molecular complexity index is 1090. The summed E-state index contributed by atoms with van der Waals surface area (Å²) in [5.74, 6) is 0.547. The minimum atomic E-state index is -0.432. The number of likely N-dealkylation sites (tertiary alicyclic amines) is 2. The number of hydrogen-bond acceptors (Lipinski definition) is 7. The normalized spacial score (nSPS) is 23.7. The van der Waals surface area contributed by atoms with Crippen molar-refractivity contribution in [3.05, 3.63) is 46.2 Å². The van der Waals surface area contributed by atoms with Crippen LogP contribution in [-0.2, 0) is 6.42 Å². The van der Waals surface area contributed by atoms with Crippen LogP contribution in [0.5, 0.6) is 0 Å². The number of piperidine rings is 2. The first kappa shape index (κ1) is 28.6. The molecule has 0 aliphatic carbocycles. The number of benzene rings is 1. The number of urea groups is 1. The first-order valence-electron chi connectivity index (χ1n) is 13.6. The van der Waals surface area contributed by atoms with Crippen LogP contribution in [-0.4, -0.2) is 83.1 Å². The summed E-state index contributed by atoms with van der Waals surface area (Å²) in [5, 5.41) is 16.3. The number of anilines is 1. The molecule has 4 rings (SSSR count). The molecule has 2 unspecified atom stereocenters. The number of ketones is 1. The number of aliphatic hydroxyl groups excluding tert-OH is 1. The Balaban J connectivity index is 1.37. The summed E-state index contributed by atoms with van der Waals surface area (Å²) in [7, 11) is 0. The van der Waals surface area contributed by atoms with Crippen molar-refractivity contribution in [1.82, 2.24) is 20.1 Å². The molecule has 10 heteroatoms. The van der Waals surface area contributed by atoms with Gasteiger partial charge in [-0.2, -0.15) is 0 Å². The second-order valence-corrected chi connectivity index (χ2v) is 11.9. The van der Waals surface area contributed by atoms with Crippen molar-refractivity contribution in [1.29, 1.82) is 0 Å². The highest BCUT2D eigenvalue weighted by Gasteiger charge is 2.33. The zero-order valence-corrected chi connectivity index (χ0v) is 23.4. The topological polar surface area (TPSA) is 97.8 Å². The van der Waals surface area contributed by atoms with Gasteiger partial charge in [0, 0.05) is 39.1 Å². The quantitative estimate of drug-likeness (QED) is 0.413. The van der Waals surface area contributed by atoms with Crippen LogP contribution < -0.4 is 10.6 Å². The SMILES string of the molecule is CC(=O)c1sc(NC(=O)N[C@H]2CN(CC(C)O)CC[C@H]2CN2CCCC(Cc3ccc(F)cc3)C2)nc1C. The Morgan fingerprint density at radius 1 is 1.18 bits per heavy atom. The van der Waals surface area contributed by atoms with Gasteiger partial charge in [-0.15, -0.1) is 0 Å². The summed E-state index contributed by atoms with van der Waals surface area (Å²) < 4.78 is 13.3. The largest absolute Gasteiger partial charge is 0.392 e. The Labute approximate surface area is 228 Å². The number of hydrogen-bond donors (Lipinski definition) is 3. The highest BCUT2D eigenvalue weighted by Crippen LogP contribution is 2.26. The van der Waals surface area contributed by atoms with Gasteiger partial charge < -0.3 is 15.3 Å². The molecule has 2 fully saturated rings. The van der Waals surface area contributed by atoms with E-state index in [4.69, 9.17) is 0 Å². The number of carbonyl (C=O) groups is 2. The van der Waals surface area contributed by atoms with E-state index in [9.17, 15) is 19.1 Å². The summed E-state index contributed by atoms with van der Waals surface area (Å²) in [4.78, 5) is 34.4. The van der Waals surface area contributed by atoms with Crippen molar-refractivity contribution in [3.8, 4) is 0 Å². The number of nitrogens with one attached hydrogen (secondary N) is 2. The molecule has 3 N–H and O–H groups in total. The molecular weight excluding hydrogens is 505 g/mol. The molecule has 2 amide bonds. The van der Waals surface area contributed by atoms with Gasteiger partial charge in [0.25, 0.3) is 0 Å². The number of thiazole rings is 1. The second kappa shape index (κ2) is 13.1. The summed E-state index contributed by atoms with van der Waals surface area (Å²) in [6.45, 7) is 10.1. The average Bonchev–Trinajstić information content (AvgIpc) is 3.22. The number of rotatable bonds is 9. The van der Waals surface area contributed by atoms with Gasteiger partial charge in [0.1, 0.15) is 5.82 Å². The molecule has 1 aromatic carbocycles. The monoisotopic (exact) mass is 545 g/mol. The highest BCUT2D eigenvalue weighted by molar-refractivity contribution is 7.17. The number of β-amino-alcohol motifs (C(OH)–C–C–N with tert-alkyl or cyclic N) is 1. The van der Waals surface area contributed by atoms with Gasteiger partial charge in [0.15, 0.2) is 10.9 Å². The van der Waals surface area contributed by atoms with Gasteiger partial charge >= 0.3 is 6.03 Å². The maximum atomic E-state index is 13.3. The molecule has 208 valence electrons. The first-order valence-corrected chi connectivity index (χ1v) is 14.4. The Kier molecular flexibility index (Phi) is 9.86. The van der Waals surface area contributed by atoms with Crippen LogP contribution in [0.15, 0.2) is 24.3 Å². The van der Waals surface area contributed by atoms with Gasteiger partial charge in [-0.05, 0) is 82.2 Å². The number of carbonyl (C=O) groups excluding carboxylic acids is 2. The van der Waals surface area contributed by atoms with Crippen LogP contribution in [0.25, 0.3) is 0 Å². The van der Waals surface area contributed by atoms with E-state index in [0.717, 1.165) is 45.4 Å². The smallest absolute Gasteiger partial charge is 0.321 e. The van der Waals surface area contributed by atoms with Gasteiger partial charge in [-0.3, -0.25) is 15.0 Å². The van der Waals surface area contributed by atoms with Crippen LogP contribution in [0.2, 0.25) is 0 Å². The molecule has 8 nitrogen and oxygen atoms in total. The molecule has 0 radical (unpaired) electrons. The van der Waals surface area contributed by atoms with Crippen LogP contribution in [0.4, 0.5) is 14.3 Å². The third kappa shape index (κ3) is 8.05. The predicted octanol–water partition coefficient (Wildman–Crippen LogP) is 3.94. The fourth-order valence-corrected chi connectivity index (χ4v) is 6.69. The Morgan fingerprint density at radius 3 is 2.63 bits per heavy atom. The molecule has 2 aliphatic heterocycles. The van der Waals surface area contributed by atoms with Crippen molar-refractivity contribution in [2.75, 3.05) is 44.6 Å². The molecule has 2 aliphatic rings. The maximum absolute atomic E-state index is 13.3. The molecule has 0 spiro atoms. The average molecular weight is 546 g/mol. The first-order chi connectivity index (χ1) is 18.2. The van der Waals surface area contributed by atoms with E-state index in [2.05, 4.69) is 25.4 Å². The number of aryl methyl sites for hydroxylation is 1. The molecular formula is C28H40FN5O3S. The summed E-state index contributed by atoms with van der Waals surface area (Å²) >= 11 is 1.19. The van der Waals surface area contributed by atoms with Crippen LogP contribution >= 0.6 is 11.3 Å². The highest BCUT2D eigenvalue weighted by atomic mass is 32.1. The number of aromatic nitrogens is 1. The molecule has 4 atom stereocenters. The minimum absolute atomic E-state index is 0.0613. The number of Topliss-reactive ketones (excluding diaryl/α,β-unsaturated/α-hetero) is 1. The summed E-state index contributed by atoms with van der Waals surface area (Å²) in [6.07, 6.45) is 3.75. The lowest BCUT2D eigenvalue weighted by Crippen LogP contribution is -2.57. The lowest BCUT2D eigenvalue weighted by Gasteiger charge is -2.42. The van der Waals surface area contributed by atoms with Gasteiger partial charge in [0.2, 0.25) is 0 Å². The molecule has 1 aromatic heterocycles. The van der Waals surface area contributed by atoms with E-state index in [1.165, 1.54) is 42.4 Å². The van der Waals surface area contributed by atoms with Crippen molar-refractivity contribution in [2.45, 2.75) is 58.6 Å². The van der Waals surface area contributed by atoms with Gasteiger partial charge in [0.05, 0.1) is 16.7 Å². The Hall–Kier alpha value is -2.40. The van der Waals surface area contributed by atoms with E-state index in [1.54, 1.807) is 13.8 Å². The lowest BCUT2D eigenvalue weighted by atomic mass is 9.87. The van der Waals surface area contributed by atoms with Crippen LogP contribution in [0.3, 0.4) is 0 Å². The van der Waals surface area contributed by atoms with E-state index in [-0.39, 0.29) is 29.6 Å². The van der Waals surface area contributed by atoms with Crippen molar-refractivity contribution in [2.24, 2.45) is 11.8 Å². The zero-order chi connectivity index (χ0) is 27.2. The Morgan fingerprint density at radius 2 is 1.95 bits per heavy atom. The number of aliphatic hydroxyl groups is 1. The van der Waals surface area contributed by atoms with E-state index < -0.39 is 6.10 Å². The molecule has 2 aromatic rings. The fourth-order valence-electron chi connectivity index (χ4n) is 5.84. The summed E-state index contributed by atoms with van der Waals surface area (Å²) in [5.41, 5.74) is 1.79. The fraction of sp³-hybridized carbons (Fsp3) is 0.607. The molecule has 0 bridgehead atoms. The molecule has 0 saturated carbocycles. The third-order valence-corrected chi connectivity index (χ3v) is 8.72. The van der Waals surface area contributed by atoms with Gasteiger partial charge in [-0.25, -0.2) is 14.2 Å². The summed E-state index contributed by atoms with van der Waals surface area (Å²) in [6, 6.07) is 6.43. The van der Waals surface area contributed by atoms with Crippen molar-refractivity contribution in [3.63, 3.8) is 0 Å². The molecule has 2 saturated heterocycles. The molecule has 3 heterocycles. The number of nitrogens with zero attached hydrogens (tertiary/aromatic N) is 3. The van der Waals surface area contributed by atoms with E-state index >= 15 is 0 Å². The van der Waals surface area contributed by atoms with Crippen molar-refractivity contribution >= 4 is 28.3 Å². The van der Waals surface area contributed by atoms with E-state index in [1.807, 2.05) is 12.1 Å². The number of amides is 2. The lowest BCUT2D eigenvalue weighted by molar-refractivity contribution is 0.0634. The van der Waals surface area contributed by atoms with Crippen LogP contribution in [0.1, 0.15) is 54.0 Å². The zero-order valence-electron chi connectivity index (χ0n) is 22.6.